The molecule has 0 atom stereocenters. The van der Waals surface area contributed by atoms with E-state index in [2.05, 4.69) is 17.2 Å². The molecule has 0 bridgehead atoms. The van der Waals surface area contributed by atoms with Gasteiger partial charge in [-0.15, -0.1) is 0 Å². The van der Waals surface area contributed by atoms with E-state index in [9.17, 15) is 0 Å². The molecule has 1 heterocycles. The van der Waals surface area contributed by atoms with Gasteiger partial charge in [-0.05, 0) is 38.3 Å². The third kappa shape index (κ3) is 1.59. The first kappa shape index (κ1) is 8.35. The van der Waals surface area contributed by atoms with E-state index < -0.39 is 0 Å². The van der Waals surface area contributed by atoms with E-state index in [4.69, 9.17) is 5.73 Å². The van der Waals surface area contributed by atoms with Crippen LogP contribution in [0.1, 0.15) is 26.2 Å². The molecule has 0 spiro atoms. The molecule has 3 nitrogen and oxygen atoms in total. The molecule has 0 unspecified atom stereocenters. The van der Waals surface area contributed by atoms with Crippen molar-refractivity contribution in [1.29, 1.82) is 0 Å². The standard InChI is InChI=1S/C10H15N3/c1-10(5-3-6-10)13-9-8(11)4-2-7-12-9/h2,4,7H,3,5-6,11H2,1H3,(H,12,13). The molecule has 1 aliphatic carbocycles. The smallest absolute Gasteiger partial charge is 0.149 e. The number of rotatable bonds is 2. The number of nitrogens with two attached hydrogens (primary N) is 1. The lowest BCUT2D eigenvalue weighted by atomic mass is 9.78. The Morgan fingerprint density at radius 3 is 2.85 bits per heavy atom. The van der Waals surface area contributed by atoms with Crippen LogP contribution in [0.3, 0.4) is 0 Å². The zero-order chi connectivity index (χ0) is 9.31. The normalized spacial score (nSPS) is 19.2. The average molecular weight is 177 g/mol. The Morgan fingerprint density at radius 1 is 1.54 bits per heavy atom. The zero-order valence-electron chi connectivity index (χ0n) is 7.88. The number of aromatic nitrogens is 1. The maximum Gasteiger partial charge on any atom is 0.149 e. The first-order valence-corrected chi connectivity index (χ1v) is 4.68. The Hall–Kier alpha value is -1.25. The van der Waals surface area contributed by atoms with Crippen molar-refractivity contribution in [2.75, 3.05) is 11.1 Å². The number of hydrogen-bond acceptors (Lipinski definition) is 3. The van der Waals surface area contributed by atoms with Crippen molar-refractivity contribution in [2.24, 2.45) is 0 Å². The predicted octanol–water partition coefficient (Wildman–Crippen LogP) is 2.02. The molecule has 3 heteroatoms. The van der Waals surface area contributed by atoms with Gasteiger partial charge in [-0.1, -0.05) is 0 Å². The molecule has 3 N–H and O–H groups in total. The number of hydrogen-bond donors (Lipinski definition) is 2. The first-order chi connectivity index (χ1) is 6.20. The van der Waals surface area contributed by atoms with Crippen molar-refractivity contribution in [3.8, 4) is 0 Å². The van der Waals surface area contributed by atoms with Gasteiger partial charge in [0.1, 0.15) is 5.82 Å². The molecule has 1 fully saturated rings. The Morgan fingerprint density at radius 2 is 2.31 bits per heavy atom. The second-order valence-electron chi connectivity index (χ2n) is 3.98. The van der Waals surface area contributed by atoms with E-state index in [1.807, 2.05) is 12.1 Å². The summed E-state index contributed by atoms with van der Waals surface area (Å²) in [4.78, 5) is 4.21. The van der Waals surface area contributed by atoms with Crippen LogP contribution in [0.15, 0.2) is 18.3 Å². The summed E-state index contributed by atoms with van der Waals surface area (Å²) in [5.41, 5.74) is 6.74. The molecule has 2 rings (SSSR count). The minimum Gasteiger partial charge on any atom is -0.396 e. The second kappa shape index (κ2) is 2.91. The van der Waals surface area contributed by atoms with Gasteiger partial charge < -0.3 is 11.1 Å². The van der Waals surface area contributed by atoms with Gasteiger partial charge in [0.05, 0.1) is 5.69 Å². The van der Waals surface area contributed by atoms with Crippen LogP contribution in [0.4, 0.5) is 11.5 Å². The number of anilines is 2. The number of nitrogen functional groups attached to an aromatic ring is 1. The lowest BCUT2D eigenvalue weighted by molar-refractivity contribution is 0.306. The van der Waals surface area contributed by atoms with Gasteiger partial charge in [-0.2, -0.15) is 0 Å². The first-order valence-electron chi connectivity index (χ1n) is 4.68. The summed E-state index contributed by atoms with van der Waals surface area (Å²) in [6.45, 7) is 2.21. The Balaban J connectivity index is 2.13. The molecule has 70 valence electrons. The number of nitrogens with zero attached hydrogens (tertiary/aromatic N) is 1. The van der Waals surface area contributed by atoms with E-state index >= 15 is 0 Å². The zero-order valence-corrected chi connectivity index (χ0v) is 7.88. The van der Waals surface area contributed by atoms with Gasteiger partial charge in [0.25, 0.3) is 0 Å². The minimum absolute atomic E-state index is 0.225. The molecule has 0 saturated heterocycles. The topological polar surface area (TPSA) is 50.9 Å². The molecule has 0 aliphatic heterocycles. The molecule has 1 saturated carbocycles. The van der Waals surface area contributed by atoms with E-state index in [-0.39, 0.29) is 5.54 Å². The van der Waals surface area contributed by atoms with Crippen molar-refractivity contribution in [3.63, 3.8) is 0 Å². The molecular weight excluding hydrogens is 162 g/mol. The van der Waals surface area contributed by atoms with Crippen LogP contribution in [-0.2, 0) is 0 Å². The van der Waals surface area contributed by atoms with Gasteiger partial charge >= 0.3 is 0 Å². The van der Waals surface area contributed by atoms with Crippen LogP contribution in [0, 0.1) is 0 Å². The highest BCUT2D eigenvalue weighted by Gasteiger charge is 2.32. The predicted molar refractivity (Wildman–Crippen MR) is 54.5 cm³/mol. The summed E-state index contributed by atoms with van der Waals surface area (Å²) in [5, 5.41) is 3.39. The summed E-state index contributed by atoms with van der Waals surface area (Å²) >= 11 is 0. The fraction of sp³-hybridized carbons (Fsp3) is 0.500. The summed E-state index contributed by atoms with van der Waals surface area (Å²) < 4.78 is 0. The molecule has 1 aromatic heterocycles. The monoisotopic (exact) mass is 177 g/mol. The van der Waals surface area contributed by atoms with E-state index in [0.717, 1.165) is 11.5 Å². The van der Waals surface area contributed by atoms with Gasteiger partial charge in [0.2, 0.25) is 0 Å². The maximum absolute atomic E-state index is 5.78. The third-order valence-electron chi connectivity index (χ3n) is 2.72. The van der Waals surface area contributed by atoms with Gasteiger partial charge in [0.15, 0.2) is 0 Å². The second-order valence-corrected chi connectivity index (χ2v) is 3.98. The minimum atomic E-state index is 0.225. The van der Waals surface area contributed by atoms with Crippen LogP contribution in [-0.4, -0.2) is 10.5 Å². The molecule has 0 aromatic carbocycles. The molecule has 0 radical (unpaired) electrons. The average Bonchev–Trinajstić information content (AvgIpc) is 2.06. The summed E-state index contributed by atoms with van der Waals surface area (Å²) in [6, 6.07) is 3.72. The summed E-state index contributed by atoms with van der Waals surface area (Å²) in [7, 11) is 0. The Kier molecular flexibility index (Phi) is 1.87. The molecule has 13 heavy (non-hydrogen) atoms. The fourth-order valence-electron chi connectivity index (χ4n) is 1.64. The van der Waals surface area contributed by atoms with E-state index in [1.165, 1.54) is 19.3 Å². The SMILES string of the molecule is CC1(Nc2ncccc2N)CCC1. The lowest BCUT2D eigenvalue weighted by Gasteiger charge is -2.39. The van der Waals surface area contributed by atoms with E-state index in [1.54, 1.807) is 6.20 Å². The van der Waals surface area contributed by atoms with E-state index in [0.29, 0.717) is 0 Å². The maximum atomic E-state index is 5.78. The Bertz CT molecular complexity index is 305. The van der Waals surface area contributed by atoms with Crippen molar-refractivity contribution in [2.45, 2.75) is 31.7 Å². The van der Waals surface area contributed by atoms with Crippen LogP contribution < -0.4 is 11.1 Å². The van der Waals surface area contributed by atoms with Crippen molar-refractivity contribution in [1.82, 2.24) is 4.98 Å². The van der Waals surface area contributed by atoms with Gasteiger partial charge in [0, 0.05) is 11.7 Å². The summed E-state index contributed by atoms with van der Waals surface area (Å²) in [5.74, 6) is 0.824. The van der Waals surface area contributed by atoms with Gasteiger partial charge in [-0.25, -0.2) is 4.98 Å². The largest absolute Gasteiger partial charge is 0.396 e. The number of nitrogens with one attached hydrogen (secondary N) is 1. The van der Waals surface area contributed by atoms with Crippen LogP contribution in [0.5, 0.6) is 0 Å². The highest BCUT2D eigenvalue weighted by molar-refractivity contribution is 5.61. The van der Waals surface area contributed by atoms with Crippen LogP contribution >= 0.6 is 0 Å². The number of pyridine rings is 1. The lowest BCUT2D eigenvalue weighted by Crippen LogP contribution is -2.42. The third-order valence-corrected chi connectivity index (χ3v) is 2.72. The summed E-state index contributed by atoms with van der Waals surface area (Å²) in [6.07, 6.45) is 5.49. The molecule has 1 aromatic rings. The van der Waals surface area contributed by atoms with Crippen LogP contribution in [0.25, 0.3) is 0 Å². The van der Waals surface area contributed by atoms with Crippen molar-refractivity contribution < 1.29 is 0 Å². The van der Waals surface area contributed by atoms with Gasteiger partial charge in [-0.3, -0.25) is 0 Å². The molecular formula is C10H15N3. The Labute approximate surface area is 78.4 Å². The quantitative estimate of drug-likeness (QED) is 0.726. The highest BCUT2D eigenvalue weighted by Crippen LogP contribution is 2.35. The fourth-order valence-corrected chi connectivity index (χ4v) is 1.64. The van der Waals surface area contributed by atoms with Crippen molar-refractivity contribution >= 4 is 11.5 Å². The molecule has 1 aliphatic rings. The van der Waals surface area contributed by atoms with Crippen LogP contribution in [0.2, 0.25) is 0 Å². The molecule has 0 amide bonds. The highest BCUT2D eigenvalue weighted by atomic mass is 15.1. The van der Waals surface area contributed by atoms with Crippen molar-refractivity contribution in [3.05, 3.63) is 18.3 Å².